The minimum Gasteiger partial charge on any atom is -0.166 e. The van der Waals surface area contributed by atoms with E-state index in [4.69, 9.17) is 0 Å². The van der Waals surface area contributed by atoms with Gasteiger partial charge in [0.05, 0.1) is 11.1 Å². The van der Waals surface area contributed by atoms with Crippen LogP contribution in [0.1, 0.15) is 23.6 Å². The van der Waals surface area contributed by atoms with Crippen LogP contribution in [-0.2, 0) is 18.8 Å². The van der Waals surface area contributed by atoms with Gasteiger partial charge in [-0.3, -0.25) is 0 Å². The van der Waals surface area contributed by atoms with Crippen LogP contribution < -0.4 is 0 Å². The van der Waals surface area contributed by atoms with E-state index in [1.165, 1.54) is 6.92 Å². The van der Waals surface area contributed by atoms with E-state index in [1.54, 1.807) is 0 Å². The van der Waals surface area contributed by atoms with Gasteiger partial charge in [-0.2, -0.15) is 26.3 Å². The van der Waals surface area contributed by atoms with Crippen molar-refractivity contribution in [1.82, 2.24) is 0 Å². The van der Waals surface area contributed by atoms with E-state index in [2.05, 4.69) is 12.6 Å². The van der Waals surface area contributed by atoms with Crippen LogP contribution in [0.15, 0.2) is 17.0 Å². The molecule has 0 fully saturated rings. The van der Waals surface area contributed by atoms with E-state index in [0.29, 0.717) is 12.1 Å². The lowest BCUT2D eigenvalue weighted by Gasteiger charge is -2.17. The first-order chi connectivity index (χ1) is 7.57. The summed E-state index contributed by atoms with van der Waals surface area (Å²) in [5.74, 6) is 0. The molecule has 0 bridgehead atoms. The Hall–Kier alpha value is -0.850. The van der Waals surface area contributed by atoms with Crippen LogP contribution in [0.2, 0.25) is 0 Å². The van der Waals surface area contributed by atoms with Crippen molar-refractivity contribution >= 4 is 12.6 Å². The van der Waals surface area contributed by atoms with Crippen molar-refractivity contribution in [2.24, 2.45) is 0 Å². The standard InChI is InChI=1S/C10H8F6S/c1-2-5-3-6(9(11,12)13)8(17)7(4-5)10(14,15)16/h3-4,17H,2H2,1H3. The molecule has 0 N–H and O–H groups in total. The van der Waals surface area contributed by atoms with E-state index in [0.717, 1.165) is 0 Å². The summed E-state index contributed by atoms with van der Waals surface area (Å²) < 4.78 is 75.1. The summed E-state index contributed by atoms with van der Waals surface area (Å²) in [5.41, 5.74) is -2.73. The van der Waals surface area contributed by atoms with E-state index in [1.807, 2.05) is 0 Å². The highest BCUT2D eigenvalue weighted by Crippen LogP contribution is 2.42. The van der Waals surface area contributed by atoms with Gasteiger partial charge >= 0.3 is 12.4 Å². The largest absolute Gasteiger partial charge is 0.417 e. The highest BCUT2D eigenvalue weighted by atomic mass is 32.1. The summed E-state index contributed by atoms with van der Waals surface area (Å²) in [7, 11) is 0. The van der Waals surface area contributed by atoms with Crippen molar-refractivity contribution in [1.29, 1.82) is 0 Å². The molecule has 0 atom stereocenters. The van der Waals surface area contributed by atoms with Gasteiger partial charge in [-0.15, -0.1) is 12.6 Å². The van der Waals surface area contributed by atoms with Gasteiger partial charge in [0.15, 0.2) is 0 Å². The average Bonchev–Trinajstić information content (AvgIpc) is 2.14. The molecule has 1 aromatic rings. The zero-order valence-electron chi connectivity index (χ0n) is 8.58. The molecule has 0 saturated carbocycles. The lowest BCUT2D eigenvalue weighted by Crippen LogP contribution is -2.14. The third kappa shape index (κ3) is 3.08. The summed E-state index contributed by atoms with van der Waals surface area (Å²) >= 11 is 3.34. The lowest BCUT2D eigenvalue weighted by atomic mass is 10.0. The molecular weight excluding hydrogens is 266 g/mol. The lowest BCUT2D eigenvalue weighted by molar-refractivity contribution is -0.147. The number of hydrogen-bond acceptors (Lipinski definition) is 1. The minimum atomic E-state index is -4.84. The smallest absolute Gasteiger partial charge is 0.166 e. The van der Waals surface area contributed by atoms with Crippen molar-refractivity contribution in [3.05, 3.63) is 28.8 Å². The van der Waals surface area contributed by atoms with Crippen LogP contribution in [0.5, 0.6) is 0 Å². The van der Waals surface area contributed by atoms with Gasteiger partial charge in [-0.1, -0.05) is 6.92 Å². The number of hydrogen-bond donors (Lipinski definition) is 1. The molecule has 0 nitrogen and oxygen atoms in total. The van der Waals surface area contributed by atoms with E-state index in [9.17, 15) is 26.3 Å². The first kappa shape index (κ1) is 14.2. The number of benzene rings is 1. The van der Waals surface area contributed by atoms with Crippen LogP contribution in [0.25, 0.3) is 0 Å². The molecule has 0 amide bonds. The maximum atomic E-state index is 12.5. The molecule has 0 spiro atoms. The molecule has 0 saturated heterocycles. The predicted octanol–water partition coefficient (Wildman–Crippen LogP) is 4.58. The van der Waals surface area contributed by atoms with Gasteiger partial charge in [0.25, 0.3) is 0 Å². The molecule has 0 aromatic heterocycles. The SMILES string of the molecule is CCc1cc(C(F)(F)F)c(S)c(C(F)(F)F)c1. The van der Waals surface area contributed by atoms with Gasteiger partial charge in [-0.25, -0.2) is 0 Å². The molecule has 1 aromatic carbocycles. The van der Waals surface area contributed by atoms with Crippen molar-refractivity contribution < 1.29 is 26.3 Å². The van der Waals surface area contributed by atoms with Crippen molar-refractivity contribution in [2.75, 3.05) is 0 Å². The fourth-order valence-corrected chi connectivity index (χ4v) is 1.71. The van der Waals surface area contributed by atoms with Gasteiger partial charge in [-0.05, 0) is 24.1 Å². The van der Waals surface area contributed by atoms with Crippen LogP contribution in [0.3, 0.4) is 0 Å². The molecular formula is C10H8F6S. The Morgan fingerprint density at radius 1 is 0.941 bits per heavy atom. The number of alkyl halides is 6. The second kappa shape index (κ2) is 4.44. The van der Waals surface area contributed by atoms with Crippen molar-refractivity contribution in [2.45, 2.75) is 30.6 Å². The molecule has 0 aliphatic carbocycles. The zero-order chi connectivity index (χ0) is 13.4. The van der Waals surface area contributed by atoms with Crippen LogP contribution >= 0.6 is 12.6 Å². The Balaban J connectivity index is 3.53. The predicted molar refractivity (Wildman–Crippen MR) is 53.1 cm³/mol. The molecule has 1 rings (SSSR count). The molecule has 7 heteroatoms. The van der Waals surface area contributed by atoms with Crippen molar-refractivity contribution in [3.63, 3.8) is 0 Å². The Morgan fingerprint density at radius 3 is 1.53 bits per heavy atom. The minimum absolute atomic E-state index is 0.0255. The molecule has 0 radical (unpaired) electrons. The number of halogens is 6. The molecule has 0 unspecified atom stereocenters. The number of thiol groups is 1. The van der Waals surface area contributed by atoms with Gasteiger partial charge in [0, 0.05) is 4.90 Å². The summed E-state index contributed by atoms with van der Waals surface area (Å²) in [5, 5.41) is 0. The molecule has 0 heterocycles. The van der Waals surface area contributed by atoms with Crippen LogP contribution in [-0.4, -0.2) is 0 Å². The highest BCUT2D eigenvalue weighted by Gasteiger charge is 2.40. The molecule has 96 valence electrons. The Morgan fingerprint density at radius 2 is 1.29 bits per heavy atom. The maximum absolute atomic E-state index is 12.5. The molecule has 17 heavy (non-hydrogen) atoms. The summed E-state index contributed by atoms with van der Waals surface area (Å²) in [6.07, 6.45) is -9.61. The third-order valence-corrected chi connectivity index (χ3v) is 2.67. The van der Waals surface area contributed by atoms with Crippen molar-refractivity contribution in [3.8, 4) is 0 Å². The molecule has 0 aliphatic rings. The van der Waals surface area contributed by atoms with Gasteiger partial charge < -0.3 is 0 Å². The second-order valence-electron chi connectivity index (χ2n) is 3.39. The molecule has 0 aliphatic heterocycles. The summed E-state index contributed by atoms with van der Waals surface area (Å²) in [6, 6.07) is 1.38. The first-order valence-electron chi connectivity index (χ1n) is 4.57. The number of rotatable bonds is 1. The van der Waals surface area contributed by atoms with E-state index in [-0.39, 0.29) is 12.0 Å². The fraction of sp³-hybridized carbons (Fsp3) is 0.400. The van der Waals surface area contributed by atoms with Gasteiger partial charge in [0.1, 0.15) is 0 Å². The Labute approximate surface area is 99.0 Å². The number of aryl methyl sites for hydroxylation is 1. The fourth-order valence-electron chi connectivity index (χ4n) is 1.33. The maximum Gasteiger partial charge on any atom is 0.417 e. The monoisotopic (exact) mass is 274 g/mol. The van der Waals surface area contributed by atoms with E-state index < -0.39 is 28.4 Å². The third-order valence-electron chi connectivity index (χ3n) is 2.19. The zero-order valence-corrected chi connectivity index (χ0v) is 9.47. The summed E-state index contributed by atoms with van der Waals surface area (Å²) in [6.45, 7) is 1.48. The Kier molecular flexibility index (Phi) is 3.71. The van der Waals surface area contributed by atoms with Crippen LogP contribution in [0, 0.1) is 0 Å². The Bertz CT molecular complexity index is 383. The highest BCUT2D eigenvalue weighted by molar-refractivity contribution is 7.80. The summed E-state index contributed by atoms with van der Waals surface area (Å²) in [4.78, 5) is -1.08. The second-order valence-corrected chi connectivity index (χ2v) is 3.84. The van der Waals surface area contributed by atoms with Gasteiger partial charge in [0.2, 0.25) is 0 Å². The quantitative estimate of drug-likeness (QED) is 0.562. The van der Waals surface area contributed by atoms with E-state index >= 15 is 0 Å². The van der Waals surface area contributed by atoms with Crippen LogP contribution in [0.4, 0.5) is 26.3 Å². The topological polar surface area (TPSA) is 0 Å². The average molecular weight is 274 g/mol. The normalized spacial score (nSPS) is 12.9. The first-order valence-corrected chi connectivity index (χ1v) is 5.02.